The second kappa shape index (κ2) is 7.78. The summed E-state index contributed by atoms with van der Waals surface area (Å²) >= 11 is 0. The molecule has 0 bridgehead atoms. The Balaban J connectivity index is 2.54. The third-order valence-electron chi connectivity index (χ3n) is 4.30. The molecule has 1 rings (SSSR count). The Morgan fingerprint density at radius 1 is 1.33 bits per heavy atom. The molecule has 3 atom stereocenters. The summed E-state index contributed by atoms with van der Waals surface area (Å²) in [6.45, 7) is 7.11. The van der Waals surface area contributed by atoms with E-state index in [2.05, 4.69) is 26.1 Å². The Morgan fingerprint density at radius 2 is 2.00 bits per heavy atom. The maximum absolute atomic E-state index is 12.2. The van der Waals surface area contributed by atoms with Crippen LogP contribution in [0.2, 0.25) is 0 Å². The summed E-state index contributed by atoms with van der Waals surface area (Å²) in [6.07, 6.45) is 6.87. The Kier molecular flexibility index (Phi) is 6.69. The molecule has 3 heteroatoms. The first-order valence-electron chi connectivity index (χ1n) is 7.60. The average molecular weight is 254 g/mol. The monoisotopic (exact) mass is 254 g/mol. The van der Waals surface area contributed by atoms with Gasteiger partial charge in [0.15, 0.2) is 0 Å². The van der Waals surface area contributed by atoms with Gasteiger partial charge in [-0.3, -0.25) is 4.79 Å². The molecule has 106 valence electrons. The van der Waals surface area contributed by atoms with Crippen molar-refractivity contribution < 1.29 is 4.79 Å². The summed E-state index contributed by atoms with van der Waals surface area (Å²) in [4.78, 5) is 12.2. The minimum Gasteiger partial charge on any atom is -0.353 e. The highest BCUT2D eigenvalue weighted by molar-refractivity contribution is 5.79. The largest absolute Gasteiger partial charge is 0.353 e. The van der Waals surface area contributed by atoms with Gasteiger partial charge in [0.1, 0.15) is 0 Å². The van der Waals surface area contributed by atoms with Crippen molar-refractivity contribution in [1.82, 2.24) is 5.32 Å². The van der Waals surface area contributed by atoms with Gasteiger partial charge in [-0.1, -0.05) is 40.0 Å². The van der Waals surface area contributed by atoms with Gasteiger partial charge >= 0.3 is 0 Å². The van der Waals surface area contributed by atoms with Gasteiger partial charge in [-0.2, -0.15) is 0 Å². The fraction of sp³-hybridized carbons (Fsp3) is 0.933. The van der Waals surface area contributed by atoms with Crippen molar-refractivity contribution >= 4 is 5.91 Å². The van der Waals surface area contributed by atoms with Crippen LogP contribution < -0.4 is 11.1 Å². The van der Waals surface area contributed by atoms with E-state index in [0.717, 1.165) is 19.3 Å². The Labute approximate surface area is 112 Å². The summed E-state index contributed by atoms with van der Waals surface area (Å²) in [7, 11) is 0. The standard InChI is InChI=1S/C15H30N2O/c1-4-7-12(10-16)15(18)17-14-9-6-5-8-13(14)11(2)3/h11-14H,4-10,16H2,1-3H3,(H,17,18). The second-order valence-corrected chi connectivity index (χ2v) is 6.03. The molecule has 0 aromatic heterocycles. The lowest BCUT2D eigenvalue weighted by atomic mass is 9.77. The topological polar surface area (TPSA) is 55.1 Å². The molecule has 3 unspecified atom stereocenters. The minimum atomic E-state index is 0.00439. The van der Waals surface area contributed by atoms with Gasteiger partial charge < -0.3 is 11.1 Å². The molecule has 0 aromatic carbocycles. The molecule has 0 radical (unpaired) electrons. The average Bonchev–Trinajstić information content (AvgIpc) is 2.36. The van der Waals surface area contributed by atoms with E-state index in [1.54, 1.807) is 0 Å². The van der Waals surface area contributed by atoms with Crippen molar-refractivity contribution in [2.75, 3.05) is 6.54 Å². The molecule has 1 fully saturated rings. The summed E-state index contributed by atoms with van der Waals surface area (Å²) in [6, 6.07) is 0.372. The molecule has 1 amide bonds. The van der Waals surface area contributed by atoms with Crippen molar-refractivity contribution in [3.63, 3.8) is 0 Å². The van der Waals surface area contributed by atoms with Crippen LogP contribution in [0, 0.1) is 17.8 Å². The molecule has 3 nitrogen and oxygen atoms in total. The molecule has 1 saturated carbocycles. The molecule has 0 aromatic rings. The molecule has 18 heavy (non-hydrogen) atoms. The summed E-state index contributed by atoms with van der Waals surface area (Å²) in [5.41, 5.74) is 5.70. The van der Waals surface area contributed by atoms with Gasteiger partial charge in [0.05, 0.1) is 5.92 Å². The number of hydrogen-bond donors (Lipinski definition) is 2. The van der Waals surface area contributed by atoms with Gasteiger partial charge in [-0.05, 0) is 31.1 Å². The van der Waals surface area contributed by atoms with Crippen LogP contribution in [0.1, 0.15) is 59.3 Å². The lowest BCUT2D eigenvalue weighted by molar-refractivity contribution is -0.126. The number of rotatable bonds is 6. The zero-order valence-electron chi connectivity index (χ0n) is 12.2. The van der Waals surface area contributed by atoms with Gasteiger partial charge in [-0.25, -0.2) is 0 Å². The highest BCUT2D eigenvalue weighted by Crippen LogP contribution is 2.30. The van der Waals surface area contributed by atoms with Gasteiger partial charge in [0.25, 0.3) is 0 Å². The SMILES string of the molecule is CCCC(CN)C(=O)NC1CCCCC1C(C)C. The zero-order valence-corrected chi connectivity index (χ0v) is 12.2. The molecule has 0 aliphatic heterocycles. The van der Waals surface area contributed by atoms with E-state index >= 15 is 0 Å². The molecule has 0 spiro atoms. The van der Waals surface area contributed by atoms with E-state index in [1.165, 1.54) is 19.3 Å². The molecule has 1 aliphatic carbocycles. The quantitative estimate of drug-likeness (QED) is 0.765. The number of nitrogens with one attached hydrogen (secondary N) is 1. The third-order valence-corrected chi connectivity index (χ3v) is 4.30. The zero-order chi connectivity index (χ0) is 13.5. The van der Waals surface area contributed by atoms with Gasteiger partial charge in [0.2, 0.25) is 5.91 Å². The van der Waals surface area contributed by atoms with Crippen molar-refractivity contribution in [3.05, 3.63) is 0 Å². The van der Waals surface area contributed by atoms with Crippen molar-refractivity contribution in [1.29, 1.82) is 0 Å². The number of amides is 1. The Bertz CT molecular complexity index is 253. The van der Waals surface area contributed by atoms with Crippen molar-refractivity contribution in [2.45, 2.75) is 65.3 Å². The maximum Gasteiger partial charge on any atom is 0.224 e. The van der Waals surface area contributed by atoms with Crippen LogP contribution in [0.4, 0.5) is 0 Å². The summed E-state index contributed by atoms with van der Waals surface area (Å²) in [5, 5.41) is 3.27. The lowest BCUT2D eigenvalue weighted by Crippen LogP contribution is -2.47. The molecular weight excluding hydrogens is 224 g/mol. The van der Waals surface area contributed by atoms with E-state index in [9.17, 15) is 4.79 Å². The number of nitrogens with two attached hydrogens (primary N) is 1. The number of hydrogen-bond acceptors (Lipinski definition) is 2. The van der Waals surface area contributed by atoms with Crippen LogP contribution in [-0.2, 0) is 4.79 Å². The lowest BCUT2D eigenvalue weighted by Gasteiger charge is -2.35. The van der Waals surface area contributed by atoms with E-state index in [4.69, 9.17) is 5.73 Å². The van der Waals surface area contributed by atoms with E-state index < -0.39 is 0 Å². The van der Waals surface area contributed by atoms with Crippen LogP contribution in [0.15, 0.2) is 0 Å². The highest BCUT2D eigenvalue weighted by Gasteiger charge is 2.30. The number of carbonyl (C=O) groups excluding carboxylic acids is 1. The normalized spacial score (nSPS) is 26.1. The third kappa shape index (κ3) is 4.27. The van der Waals surface area contributed by atoms with Gasteiger partial charge in [0, 0.05) is 12.6 Å². The van der Waals surface area contributed by atoms with Crippen LogP contribution in [-0.4, -0.2) is 18.5 Å². The predicted octanol–water partition coefficient (Wildman–Crippen LogP) is 2.69. The van der Waals surface area contributed by atoms with Crippen LogP contribution in [0.5, 0.6) is 0 Å². The second-order valence-electron chi connectivity index (χ2n) is 6.03. The summed E-state index contributed by atoms with van der Waals surface area (Å²) < 4.78 is 0. The van der Waals surface area contributed by atoms with Crippen LogP contribution in [0.3, 0.4) is 0 Å². The molecule has 3 N–H and O–H groups in total. The molecule has 0 saturated heterocycles. The fourth-order valence-corrected chi connectivity index (χ4v) is 3.14. The maximum atomic E-state index is 12.2. The number of carbonyl (C=O) groups is 1. The highest BCUT2D eigenvalue weighted by atomic mass is 16.1. The summed E-state index contributed by atoms with van der Waals surface area (Å²) in [5.74, 6) is 1.47. The van der Waals surface area contributed by atoms with Crippen LogP contribution in [0.25, 0.3) is 0 Å². The minimum absolute atomic E-state index is 0.00439. The first-order valence-corrected chi connectivity index (χ1v) is 7.60. The fourth-order valence-electron chi connectivity index (χ4n) is 3.14. The van der Waals surface area contributed by atoms with Crippen LogP contribution >= 0.6 is 0 Å². The van der Waals surface area contributed by atoms with E-state index in [0.29, 0.717) is 24.4 Å². The molecular formula is C15H30N2O. The molecule has 1 aliphatic rings. The first kappa shape index (κ1) is 15.5. The van der Waals surface area contributed by atoms with Gasteiger partial charge in [-0.15, -0.1) is 0 Å². The van der Waals surface area contributed by atoms with Crippen molar-refractivity contribution in [2.24, 2.45) is 23.5 Å². The predicted molar refractivity (Wildman–Crippen MR) is 76.2 cm³/mol. The molecule has 0 heterocycles. The Hall–Kier alpha value is -0.570. The smallest absolute Gasteiger partial charge is 0.224 e. The van der Waals surface area contributed by atoms with E-state index in [-0.39, 0.29) is 11.8 Å². The first-order chi connectivity index (χ1) is 8.60. The Morgan fingerprint density at radius 3 is 2.56 bits per heavy atom. The van der Waals surface area contributed by atoms with E-state index in [1.807, 2.05) is 0 Å². The van der Waals surface area contributed by atoms with Crippen molar-refractivity contribution in [3.8, 4) is 0 Å².